The summed E-state index contributed by atoms with van der Waals surface area (Å²) in [6.07, 6.45) is 1.11. The van der Waals surface area contributed by atoms with E-state index >= 15 is 0 Å². The Bertz CT molecular complexity index is 1220. The van der Waals surface area contributed by atoms with Crippen molar-refractivity contribution < 1.29 is 28.1 Å². The number of nitrogens with one attached hydrogen (secondary N) is 1. The highest BCUT2D eigenvalue weighted by atomic mass is 32.2. The van der Waals surface area contributed by atoms with Gasteiger partial charge in [-0.25, -0.2) is 18.2 Å². The van der Waals surface area contributed by atoms with Gasteiger partial charge in [-0.2, -0.15) is 0 Å². The number of hydrogen-bond acceptors (Lipinski definition) is 8. The Hall–Kier alpha value is -3.25. The van der Waals surface area contributed by atoms with Crippen molar-refractivity contribution >= 4 is 33.3 Å². The molecule has 0 bridgehead atoms. The number of thioether (sulfide) groups is 1. The van der Waals surface area contributed by atoms with E-state index in [1.807, 2.05) is 0 Å². The molecule has 0 fully saturated rings. The van der Waals surface area contributed by atoms with Gasteiger partial charge in [0.2, 0.25) is 5.16 Å². The maximum absolute atomic E-state index is 12.1. The molecule has 156 valence electrons. The zero-order valence-corrected chi connectivity index (χ0v) is 17.5. The molecule has 1 aromatic heterocycles. The first-order chi connectivity index (χ1) is 14.2. The predicted octanol–water partition coefficient (Wildman–Crippen LogP) is 2.69. The third kappa shape index (κ3) is 5.02. The number of benzene rings is 2. The minimum Gasteiger partial charge on any atom is -0.481 e. The summed E-state index contributed by atoms with van der Waals surface area (Å²) in [5.41, 5.74) is 1.78. The van der Waals surface area contributed by atoms with Crippen molar-refractivity contribution in [1.82, 2.24) is 15.2 Å². The van der Waals surface area contributed by atoms with Crippen LogP contribution in [-0.2, 0) is 19.5 Å². The van der Waals surface area contributed by atoms with E-state index in [9.17, 15) is 18.1 Å². The molecule has 2 N–H and O–H groups in total. The van der Waals surface area contributed by atoms with Crippen LogP contribution in [0.2, 0.25) is 0 Å². The van der Waals surface area contributed by atoms with Gasteiger partial charge >= 0.3 is 11.7 Å². The van der Waals surface area contributed by atoms with E-state index in [1.54, 1.807) is 24.3 Å². The molecule has 0 atom stereocenters. The van der Waals surface area contributed by atoms with Crippen LogP contribution in [0.4, 0.5) is 5.69 Å². The third-order valence-corrected chi connectivity index (χ3v) is 5.90. The van der Waals surface area contributed by atoms with Crippen LogP contribution in [0.15, 0.2) is 52.5 Å². The molecule has 2 aromatic carbocycles. The second-order valence-corrected chi connectivity index (χ2v) is 9.12. The number of H-pyrrole nitrogens is 1. The normalized spacial score (nSPS) is 11.3. The number of aliphatic carboxylic acids is 1. The molecule has 0 radical (unpaired) electrons. The van der Waals surface area contributed by atoms with Gasteiger partial charge in [-0.15, -0.1) is 5.10 Å². The zero-order valence-electron chi connectivity index (χ0n) is 15.9. The molecular weight excluding hydrogens is 432 g/mol. The Morgan fingerprint density at radius 3 is 2.60 bits per heavy atom. The van der Waals surface area contributed by atoms with Crippen LogP contribution in [0.5, 0.6) is 0 Å². The molecule has 3 aromatic rings. The van der Waals surface area contributed by atoms with Gasteiger partial charge in [-0.3, -0.25) is 9.89 Å². The van der Waals surface area contributed by atoms with Gasteiger partial charge in [0.05, 0.1) is 15.6 Å². The van der Waals surface area contributed by atoms with Crippen molar-refractivity contribution in [3.8, 4) is 22.5 Å². The first-order valence-electron chi connectivity index (χ1n) is 8.41. The fourth-order valence-corrected chi connectivity index (χ4v) is 3.78. The Morgan fingerprint density at radius 1 is 1.20 bits per heavy atom. The van der Waals surface area contributed by atoms with Crippen molar-refractivity contribution in [3.05, 3.63) is 47.4 Å². The number of aromatic amines is 1. The molecule has 0 aliphatic rings. The van der Waals surface area contributed by atoms with Crippen LogP contribution in [0.1, 0.15) is 0 Å². The number of hydrogen-bond donors (Lipinski definition) is 2. The molecule has 0 unspecified atom stereocenters. The highest BCUT2D eigenvalue weighted by Gasteiger charge is 2.20. The molecule has 12 heteroatoms. The molecule has 0 amide bonds. The van der Waals surface area contributed by atoms with E-state index in [0.29, 0.717) is 27.4 Å². The van der Waals surface area contributed by atoms with Gasteiger partial charge in [0.1, 0.15) is 0 Å². The van der Waals surface area contributed by atoms with Gasteiger partial charge in [0, 0.05) is 24.0 Å². The second kappa shape index (κ2) is 8.63. The lowest BCUT2D eigenvalue weighted by molar-refractivity contribution is -0.736. The lowest BCUT2D eigenvalue weighted by Crippen LogP contribution is -2.00. The number of sulfone groups is 1. The second-order valence-electron chi connectivity index (χ2n) is 6.16. The molecule has 1 heterocycles. The van der Waals surface area contributed by atoms with Gasteiger partial charge < -0.3 is 5.11 Å². The minimum atomic E-state index is -3.41. The van der Waals surface area contributed by atoms with E-state index < -0.39 is 15.8 Å². The van der Waals surface area contributed by atoms with E-state index in [0.717, 1.165) is 18.0 Å². The van der Waals surface area contributed by atoms with Crippen LogP contribution in [0.25, 0.3) is 22.5 Å². The zero-order chi connectivity index (χ0) is 21.9. The number of carboxylic acid groups (broad SMARTS) is 1. The lowest BCUT2D eigenvalue weighted by Gasteiger charge is -2.06. The van der Waals surface area contributed by atoms with Crippen LogP contribution in [-0.4, -0.2) is 58.7 Å². The summed E-state index contributed by atoms with van der Waals surface area (Å²) >= 11 is 0.948. The molecule has 0 saturated heterocycles. The van der Waals surface area contributed by atoms with Gasteiger partial charge in [-0.05, 0) is 29.3 Å². The Labute approximate surface area is 175 Å². The molecule has 0 aliphatic heterocycles. The Balaban J connectivity index is 2.08. The third-order valence-electron chi connectivity index (χ3n) is 3.95. The summed E-state index contributed by atoms with van der Waals surface area (Å²) in [6.45, 7) is 0. The van der Waals surface area contributed by atoms with Crippen molar-refractivity contribution in [2.45, 2.75) is 10.1 Å². The maximum atomic E-state index is 12.1. The van der Waals surface area contributed by atoms with E-state index in [4.69, 9.17) is 9.94 Å². The number of rotatable bonds is 8. The van der Waals surface area contributed by atoms with E-state index in [1.165, 1.54) is 25.3 Å². The van der Waals surface area contributed by atoms with Gasteiger partial charge in [0.15, 0.2) is 22.8 Å². The number of carboxylic acids is 1. The van der Waals surface area contributed by atoms with Crippen LogP contribution < -0.4 is 0 Å². The predicted molar refractivity (Wildman–Crippen MR) is 109 cm³/mol. The van der Waals surface area contributed by atoms with Crippen LogP contribution in [0.3, 0.4) is 0 Å². The average molecular weight is 449 g/mol. The Morgan fingerprint density at radius 2 is 1.93 bits per heavy atom. The summed E-state index contributed by atoms with van der Waals surface area (Å²) in [6, 6.07) is 11.1. The van der Waals surface area contributed by atoms with E-state index in [-0.39, 0.29) is 21.5 Å². The first-order valence-corrected chi connectivity index (χ1v) is 11.3. The van der Waals surface area contributed by atoms with Crippen molar-refractivity contribution in [1.29, 1.82) is 0 Å². The summed E-state index contributed by atoms with van der Waals surface area (Å²) < 4.78 is 23.8. The monoisotopic (exact) mass is 449 g/mol. The highest BCUT2D eigenvalue weighted by Crippen LogP contribution is 2.31. The SMILES string of the molecule is CO[N+](=O)c1cc(-c2cccc(S(C)(=O)=O)c2)cc(-c2nc(SCC(=O)O)n[nH]2)c1. The Kier molecular flexibility index (Phi) is 6.17. The fraction of sp³-hybridized carbons (Fsp3) is 0.167. The molecular formula is C18H17N4O6S2+. The number of carbonyl (C=O) groups is 1. The van der Waals surface area contributed by atoms with Crippen LogP contribution in [0, 0.1) is 4.91 Å². The largest absolute Gasteiger partial charge is 0.481 e. The molecule has 10 nitrogen and oxygen atoms in total. The summed E-state index contributed by atoms with van der Waals surface area (Å²) in [5, 5.41) is 15.7. The van der Waals surface area contributed by atoms with Crippen molar-refractivity contribution in [2.24, 2.45) is 0 Å². The van der Waals surface area contributed by atoms with Gasteiger partial charge in [-0.1, -0.05) is 23.9 Å². The quantitative estimate of drug-likeness (QED) is 0.392. The van der Waals surface area contributed by atoms with Crippen molar-refractivity contribution in [3.63, 3.8) is 0 Å². The lowest BCUT2D eigenvalue weighted by atomic mass is 10.0. The fourth-order valence-electron chi connectivity index (χ4n) is 2.60. The molecule has 0 spiro atoms. The molecule has 3 rings (SSSR count). The first kappa shape index (κ1) is 21.5. The maximum Gasteiger partial charge on any atom is 0.318 e. The summed E-state index contributed by atoms with van der Waals surface area (Å²) in [5.74, 6) is -0.878. The van der Waals surface area contributed by atoms with Gasteiger partial charge in [0.25, 0.3) is 4.92 Å². The minimum absolute atomic E-state index is 0.143. The molecule has 30 heavy (non-hydrogen) atoms. The molecule has 0 saturated carbocycles. The van der Waals surface area contributed by atoms with Crippen molar-refractivity contribution in [2.75, 3.05) is 19.1 Å². The summed E-state index contributed by atoms with van der Waals surface area (Å²) in [7, 11) is -2.19. The van der Waals surface area contributed by atoms with E-state index in [2.05, 4.69) is 15.2 Å². The molecule has 0 aliphatic carbocycles. The number of nitrogens with zero attached hydrogens (tertiary/aromatic N) is 3. The number of aromatic nitrogens is 3. The topological polar surface area (TPSA) is 142 Å². The highest BCUT2D eigenvalue weighted by molar-refractivity contribution is 7.99. The van der Waals surface area contributed by atoms with Crippen LogP contribution >= 0.6 is 11.8 Å². The standard InChI is InChI=1S/C18H16N4O6S2/c1-28-22(25)14-7-12(11-4-3-5-15(9-11)30(2,26)27)6-13(8-14)17-19-18(21-20-17)29-10-16(23)24/h3-9H,10H2,1-2H3,(H-,19,20,21,23,24)/p+1. The summed E-state index contributed by atoms with van der Waals surface area (Å²) in [4.78, 5) is 32.2. The smallest absolute Gasteiger partial charge is 0.318 e. The average Bonchev–Trinajstić information content (AvgIpc) is 3.20.